The molecule has 102 valence electrons. The Morgan fingerprint density at radius 2 is 1.94 bits per heavy atom. The maximum atomic E-state index is 5.60. The highest BCUT2D eigenvalue weighted by atomic mass is 16.5. The van der Waals surface area contributed by atoms with Crippen molar-refractivity contribution in [1.29, 1.82) is 0 Å². The highest BCUT2D eigenvalue weighted by molar-refractivity contribution is 5.58. The standard InChI is InChI=1S/C15H26N2O/c1-11(6-7-16)10-17(4)14-8-13(3)15(18-5)9-12(14)2/h8-9,11H,6-7,10,16H2,1-5H3. The first-order chi connectivity index (χ1) is 8.49. The number of methoxy groups -OCH3 is 1. The number of hydrogen-bond acceptors (Lipinski definition) is 3. The van der Waals surface area contributed by atoms with Crippen molar-refractivity contribution >= 4 is 5.69 Å². The summed E-state index contributed by atoms with van der Waals surface area (Å²) in [5.41, 5.74) is 9.30. The molecule has 1 aromatic carbocycles. The second kappa shape index (κ2) is 6.64. The van der Waals surface area contributed by atoms with Gasteiger partial charge in [-0.25, -0.2) is 0 Å². The van der Waals surface area contributed by atoms with Crippen molar-refractivity contribution in [2.45, 2.75) is 27.2 Å². The summed E-state index contributed by atoms with van der Waals surface area (Å²) in [6.07, 6.45) is 1.07. The van der Waals surface area contributed by atoms with Crippen molar-refractivity contribution < 1.29 is 4.74 Å². The third-order valence-electron chi connectivity index (χ3n) is 3.37. The fourth-order valence-electron chi connectivity index (χ4n) is 2.35. The van der Waals surface area contributed by atoms with Crippen molar-refractivity contribution in [2.75, 3.05) is 32.1 Å². The van der Waals surface area contributed by atoms with E-state index in [1.165, 1.54) is 16.8 Å². The molecule has 0 saturated heterocycles. The van der Waals surface area contributed by atoms with E-state index in [1.807, 2.05) is 0 Å². The summed E-state index contributed by atoms with van der Waals surface area (Å²) < 4.78 is 5.35. The summed E-state index contributed by atoms with van der Waals surface area (Å²) in [4.78, 5) is 2.31. The average molecular weight is 250 g/mol. The number of nitrogens with two attached hydrogens (primary N) is 1. The summed E-state index contributed by atoms with van der Waals surface area (Å²) in [5.74, 6) is 1.57. The Hall–Kier alpha value is -1.22. The van der Waals surface area contributed by atoms with Gasteiger partial charge in [0.05, 0.1) is 7.11 Å². The van der Waals surface area contributed by atoms with Gasteiger partial charge in [0, 0.05) is 19.3 Å². The molecule has 1 aromatic rings. The van der Waals surface area contributed by atoms with Gasteiger partial charge in [-0.3, -0.25) is 0 Å². The minimum absolute atomic E-state index is 0.613. The van der Waals surface area contributed by atoms with E-state index >= 15 is 0 Å². The van der Waals surface area contributed by atoms with E-state index in [2.05, 4.69) is 44.9 Å². The zero-order chi connectivity index (χ0) is 13.7. The fourth-order valence-corrected chi connectivity index (χ4v) is 2.35. The Labute approximate surface area is 111 Å². The molecule has 1 unspecified atom stereocenters. The minimum Gasteiger partial charge on any atom is -0.496 e. The van der Waals surface area contributed by atoms with E-state index in [-0.39, 0.29) is 0 Å². The van der Waals surface area contributed by atoms with Crippen molar-refractivity contribution in [3.8, 4) is 5.75 Å². The molecule has 0 radical (unpaired) electrons. The highest BCUT2D eigenvalue weighted by Gasteiger charge is 2.11. The second-order valence-electron chi connectivity index (χ2n) is 5.17. The van der Waals surface area contributed by atoms with Gasteiger partial charge in [0.1, 0.15) is 5.75 Å². The number of rotatable bonds is 6. The fraction of sp³-hybridized carbons (Fsp3) is 0.600. The van der Waals surface area contributed by atoms with Crippen LogP contribution in [-0.2, 0) is 0 Å². The molecule has 0 saturated carbocycles. The Kier molecular flexibility index (Phi) is 5.48. The van der Waals surface area contributed by atoms with Crippen LogP contribution in [0.5, 0.6) is 5.75 Å². The van der Waals surface area contributed by atoms with Gasteiger partial charge >= 0.3 is 0 Å². The lowest BCUT2D eigenvalue weighted by Crippen LogP contribution is -2.26. The third kappa shape index (κ3) is 3.64. The summed E-state index contributed by atoms with van der Waals surface area (Å²) in [6.45, 7) is 8.24. The predicted octanol–water partition coefficient (Wildman–Crippen LogP) is 2.73. The lowest BCUT2D eigenvalue weighted by atomic mass is 10.1. The smallest absolute Gasteiger partial charge is 0.122 e. The molecule has 18 heavy (non-hydrogen) atoms. The molecule has 3 heteroatoms. The average Bonchev–Trinajstić information content (AvgIpc) is 2.31. The predicted molar refractivity (Wildman–Crippen MR) is 78.6 cm³/mol. The van der Waals surface area contributed by atoms with Crippen LogP contribution in [0.3, 0.4) is 0 Å². The molecular weight excluding hydrogens is 224 g/mol. The van der Waals surface area contributed by atoms with Gasteiger partial charge in [-0.15, -0.1) is 0 Å². The Bertz CT molecular complexity index is 390. The third-order valence-corrected chi connectivity index (χ3v) is 3.37. The lowest BCUT2D eigenvalue weighted by molar-refractivity contribution is 0.411. The zero-order valence-electron chi connectivity index (χ0n) is 12.3. The van der Waals surface area contributed by atoms with Gasteiger partial charge in [-0.05, 0) is 56.0 Å². The normalized spacial score (nSPS) is 12.3. The van der Waals surface area contributed by atoms with Gasteiger partial charge in [-0.1, -0.05) is 6.92 Å². The van der Waals surface area contributed by atoms with Crippen molar-refractivity contribution in [3.63, 3.8) is 0 Å². The maximum absolute atomic E-state index is 5.60. The number of hydrogen-bond donors (Lipinski definition) is 1. The first-order valence-corrected chi connectivity index (χ1v) is 6.56. The van der Waals surface area contributed by atoms with Crippen molar-refractivity contribution in [2.24, 2.45) is 11.7 Å². The first kappa shape index (κ1) is 14.8. The number of benzene rings is 1. The van der Waals surface area contributed by atoms with Gasteiger partial charge in [-0.2, -0.15) is 0 Å². The zero-order valence-corrected chi connectivity index (χ0v) is 12.3. The topological polar surface area (TPSA) is 38.5 Å². The maximum Gasteiger partial charge on any atom is 0.122 e. The first-order valence-electron chi connectivity index (χ1n) is 6.56. The molecule has 0 spiro atoms. The van der Waals surface area contributed by atoms with E-state index in [0.29, 0.717) is 5.92 Å². The van der Waals surface area contributed by atoms with E-state index in [0.717, 1.165) is 25.3 Å². The van der Waals surface area contributed by atoms with E-state index in [1.54, 1.807) is 7.11 Å². The van der Waals surface area contributed by atoms with E-state index < -0.39 is 0 Å². The minimum atomic E-state index is 0.613. The van der Waals surface area contributed by atoms with Crippen LogP contribution >= 0.6 is 0 Å². The number of nitrogens with zero attached hydrogens (tertiary/aromatic N) is 1. The molecule has 0 aromatic heterocycles. The Balaban J connectivity index is 2.85. The van der Waals surface area contributed by atoms with Crippen LogP contribution in [-0.4, -0.2) is 27.2 Å². The molecule has 2 N–H and O–H groups in total. The number of aryl methyl sites for hydroxylation is 2. The SMILES string of the molecule is COc1cc(C)c(N(C)CC(C)CCN)cc1C. The highest BCUT2D eigenvalue weighted by Crippen LogP contribution is 2.28. The summed E-state index contributed by atoms with van der Waals surface area (Å²) in [7, 11) is 3.86. The largest absolute Gasteiger partial charge is 0.496 e. The molecular formula is C15H26N2O. The van der Waals surface area contributed by atoms with Gasteiger partial charge in [0.2, 0.25) is 0 Å². The molecule has 0 amide bonds. The van der Waals surface area contributed by atoms with Crippen LogP contribution in [0.1, 0.15) is 24.5 Å². The van der Waals surface area contributed by atoms with Crippen molar-refractivity contribution in [3.05, 3.63) is 23.3 Å². The molecule has 0 aliphatic heterocycles. The molecule has 0 heterocycles. The van der Waals surface area contributed by atoms with Gasteiger partial charge in [0.15, 0.2) is 0 Å². The van der Waals surface area contributed by atoms with Crippen LogP contribution in [0.15, 0.2) is 12.1 Å². The van der Waals surface area contributed by atoms with Crippen LogP contribution in [0, 0.1) is 19.8 Å². The molecule has 1 atom stereocenters. The Morgan fingerprint density at radius 1 is 1.28 bits per heavy atom. The quantitative estimate of drug-likeness (QED) is 0.843. The molecule has 0 aliphatic rings. The van der Waals surface area contributed by atoms with E-state index in [4.69, 9.17) is 10.5 Å². The van der Waals surface area contributed by atoms with Gasteiger partial charge in [0.25, 0.3) is 0 Å². The second-order valence-corrected chi connectivity index (χ2v) is 5.17. The van der Waals surface area contributed by atoms with Crippen molar-refractivity contribution in [1.82, 2.24) is 0 Å². The molecule has 3 nitrogen and oxygen atoms in total. The van der Waals surface area contributed by atoms with Crippen LogP contribution in [0.2, 0.25) is 0 Å². The van der Waals surface area contributed by atoms with Crippen LogP contribution in [0.25, 0.3) is 0 Å². The summed E-state index contributed by atoms with van der Waals surface area (Å²) in [5, 5.41) is 0. The Morgan fingerprint density at radius 3 is 2.50 bits per heavy atom. The molecule has 0 bridgehead atoms. The van der Waals surface area contributed by atoms with Crippen LogP contribution < -0.4 is 15.4 Å². The number of anilines is 1. The monoisotopic (exact) mass is 250 g/mol. The van der Waals surface area contributed by atoms with E-state index in [9.17, 15) is 0 Å². The molecule has 1 rings (SSSR count). The lowest BCUT2D eigenvalue weighted by Gasteiger charge is -2.26. The molecule has 0 fully saturated rings. The number of ether oxygens (including phenoxy) is 1. The molecule has 0 aliphatic carbocycles. The van der Waals surface area contributed by atoms with Gasteiger partial charge < -0.3 is 15.4 Å². The van der Waals surface area contributed by atoms with Crippen LogP contribution in [0.4, 0.5) is 5.69 Å². The summed E-state index contributed by atoms with van der Waals surface area (Å²) >= 11 is 0. The summed E-state index contributed by atoms with van der Waals surface area (Å²) in [6, 6.07) is 4.30.